The van der Waals surface area contributed by atoms with Crippen LogP contribution < -0.4 is 11.1 Å². The lowest BCUT2D eigenvalue weighted by Gasteiger charge is -2.27. The van der Waals surface area contributed by atoms with E-state index in [4.69, 9.17) is 5.73 Å². The molecule has 4 nitrogen and oxygen atoms in total. The monoisotopic (exact) mass is 234 g/mol. The van der Waals surface area contributed by atoms with Crippen LogP contribution in [0.3, 0.4) is 0 Å². The van der Waals surface area contributed by atoms with Crippen molar-refractivity contribution in [1.29, 1.82) is 0 Å². The Hall–Kier alpha value is -1.32. The van der Waals surface area contributed by atoms with Crippen LogP contribution in [0.1, 0.15) is 45.9 Å². The van der Waals surface area contributed by atoms with Gasteiger partial charge in [-0.2, -0.15) is 0 Å². The van der Waals surface area contributed by atoms with Crippen molar-refractivity contribution in [3.8, 4) is 0 Å². The van der Waals surface area contributed by atoms with Gasteiger partial charge in [0.15, 0.2) is 0 Å². The van der Waals surface area contributed by atoms with Crippen molar-refractivity contribution in [3.05, 3.63) is 11.9 Å². The SMILES string of the molecule is CCCc1nc(N)cc(NC(C)(C)C2CC2)n1. The first kappa shape index (κ1) is 12.1. The Morgan fingerprint density at radius 3 is 2.71 bits per heavy atom. The van der Waals surface area contributed by atoms with Gasteiger partial charge in [-0.3, -0.25) is 0 Å². The molecule has 1 aliphatic carbocycles. The Labute approximate surface area is 103 Å². The van der Waals surface area contributed by atoms with Crippen LogP contribution in [0.2, 0.25) is 0 Å². The Balaban J connectivity index is 2.14. The second-order valence-corrected chi connectivity index (χ2v) is 5.47. The highest BCUT2D eigenvalue weighted by Gasteiger charge is 2.37. The molecule has 0 aliphatic heterocycles. The predicted octanol–water partition coefficient (Wildman–Crippen LogP) is 2.61. The quantitative estimate of drug-likeness (QED) is 0.822. The average molecular weight is 234 g/mol. The molecule has 4 heteroatoms. The second-order valence-electron chi connectivity index (χ2n) is 5.47. The third-order valence-electron chi connectivity index (χ3n) is 3.31. The van der Waals surface area contributed by atoms with Gasteiger partial charge in [0, 0.05) is 18.0 Å². The largest absolute Gasteiger partial charge is 0.384 e. The first-order valence-electron chi connectivity index (χ1n) is 6.43. The van der Waals surface area contributed by atoms with Gasteiger partial charge in [-0.1, -0.05) is 6.92 Å². The summed E-state index contributed by atoms with van der Waals surface area (Å²) in [5.74, 6) is 3.00. The molecule has 2 rings (SSSR count). The number of hydrogen-bond acceptors (Lipinski definition) is 4. The van der Waals surface area contributed by atoms with Crippen LogP contribution in [-0.4, -0.2) is 15.5 Å². The van der Waals surface area contributed by atoms with Crippen molar-refractivity contribution in [3.63, 3.8) is 0 Å². The molecular formula is C13H22N4. The van der Waals surface area contributed by atoms with Crippen LogP contribution in [0.25, 0.3) is 0 Å². The number of rotatable bonds is 5. The molecule has 17 heavy (non-hydrogen) atoms. The molecule has 1 aromatic rings. The molecule has 0 atom stereocenters. The molecule has 94 valence electrons. The average Bonchev–Trinajstić information content (AvgIpc) is 2.98. The zero-order valence-corrected chi connectivity index (χ0v) is 11.0. The summed E-state index contributed by atoms with van der Waals surface area (Å²) in [5.41, 5.74) is 5.91. The van der Waals surface area contributed by atoms with Gasteiger partial charge in [-0.15, -0.1) is 0 Å². The molecule has 1 aromatic heterocycles. The van der Waals surface area contributed by atoms with Crippen LogP contribution in [0.5, 0.6) is 0 Å². The first-order valence-corrected chi connectivity index (χ1v) is 6.43. The lowest BCUT2D eigenvalue weighted by atomic mass is 9.99. The van der Waals surface area contributed by atoms with Crippen LogP contribution in [0.15, 0.2) is 6.07 Å². The summed E-state index contributed by atoms with van der Waals surface area (Å²) < 4.78 is 0. The number of anilines is 2. The lowest BCUT2D eigenvalue weighted by Crippen LogP contribution is -2.33. The minimum absolute atomic E-state index is 0.101. The number of nitrogens with two attached hydrogens (primary N) is 1. The molecule has 1 aliphatic rings. The minimum atomic E-state index is 0.101. The van der Waals surface area contributed by atoms with E-state index in [0.29, 0.717) is 5.82 Å². The molecular weight excluding hydrogens is 212 g/mol. The zero-order valence-electron chi connectivity index (χ0n) is 11.0. The molecule has 1 fully saturated rings. The highest BCUT2D eigenvalue weighted by Crippen LogP contribution is 2.40. The van der Waals surface area contributed by atoms with Crippen molar-refractivity contribution in [1.82, 2.24) is 9.97 Å². The van der Waals surface area contributed by atoms with Gasteiger partial charge in [-0.05, 0) is 39.0 Å². The van der Waals surface area contributed by atoms with Gasteiger partial charge in [0.1, 0.15) is 17.5 Å². The molecule has 0 saturated heterocycles. The molecule has 0 aromatic carbocycles. The van der Waals surface area contributed by atoms with Gasteiger partial charge in [0.2, 0.25) is 0 Å². The third-order valence-corrected chi connectivity index (χ3v) is 3.31. The van der Waals surface area contributed by atoms with E-state index in [-0.39, 0.29) is 5.54 Å². The molecule has 0 bridgehead atoms. The zero-order chi connectivity index (χ0) is 12.5. The van der Waals surface area contributed by atoms with Crippen molar-refractivity contribution < 1.29 is 0 Å². The van der Waals surface area contributed by atoms with E-state index in [0.717, 1.165) is 30.4 Å². The van der Waals surface area contributed by atoms with Crippen LogP contribution in [0.4, 0.5) is 11.6 Å². The Morgan fingerprint density at radius 2 is 2.12 bits per heavy atom. The maximum atomic E-state index is 5.81. The predicted molar refractivity (Wildman–Crippen MR) is 70.9 cm³/mol. The molecule has 1 saturated carbocycles. The number of aryl methyl sites for hydroxylation is 1. The Kier molecular flexibility index (Phi) is 3.22. The molecule has 0 radical (unpaired) electrons. The van der Waals surface area contributed by atoms with E-state index in [9.17, 15) is 0 Å². The molecule has 0 unspecified atom stereocenters. The maximum Gasteiger partial charge on any atom is 0.133 e. The van der Waals surface area contributed by atoms with E-state index in [1.807, 2.05) is 6.07 Å². The fourth-order valence-electron chi connectivity index (χ4n) is 2.15. The van der Waals surface area contributed by atoms with Gasteiger partial charge in [-0.25, -0.2) is 9.97 Å². The highest BCUT2D eigenvalue weighted by atomic mass is 15.1. The van der Waals surface area contributed by atoms with E-state index in [2.05, 4.69) is 36.1 Å². The first-order chi connectivity index (χ1) is 8.01. The van der Waals surface area contributed by atoms with E-state index in [1.165, 1.54) is 12.8 Å². The van der Waals surface area contributed by atoms with Crippen LogP contribution in [0, 0.1) is 5.92 Å². The second kappa shape index (κ2) is 4.51. The summed E-state index contributed by atoms with van der Waals surface area (Å²) in [6.45, 7) is 6.57. The fraction of sp³-hybridized carbons (Fsp3) is 0.692. The van der Waals surface area contributed by atoms with Gasteiger partial charge in [0.05, 0.1) is 0 Å². The van der Waals surface area contributed by atoms with Gasteiger partial charge < -0.3 is 11.1 Å². The molecule has 3 N–H and O–H groups in total. The molecule has 0 spiro atoms. The number of hydrogen-bond donors (Lipinski definition) is 2. The van der Waals surface area contributed by atoms with Crippen LogP contribution in [-0.2, 0) is 6.42 Å². The highest BCUT2D eigenvalue weighted by molar-refractivity contribution is 5.46. The normalized spacial score (nSPS) is 15.9. The topological polar surface area (TPSA) is 63.8 Å². The van der Waals surface area contributed by atoms with E-state index >= 15 is 0 Å². The Morgan fingerprint density at radius 1 is 1.41 bits per heavy atom. The van der Waals surface area contributed by atoms with E-state index < -0.39 is 0 Å². The number of aromatic nitrogens is 2. The maximum absolute atomic E-state index is 5.81. The third kappa shape index (κ3) is 3.08. The summed E-state index contributed by atoms with van der Waals surface area (Å²) in [6.07, 6.45) is 4.53. The smallest absolute Gasteiger partial charge is 0.133 e. The van der Waals surface area contributed by atoms with Gasteiger partial charge >= 0.3 is 0 Å². The van der Waals surface area contributed by atoms with Crippen molar-refractivity contribution >= 4 is 11.6 Å². The molecule has 1 heterocycles. The van der Waals surface area contributed by atoms with E-state index in [1.54, 1.807) is 0 Å². The fourth-order valence-corrected chi connectivity index (χ4v) is 2.15. The Bertz CT molecular complexity index is 396. The lowest BCUT2D eigenvalue weighted by molar-refractivity contribution is 0.492. The number of nitrogens with one attached hydrogen (secondary N) is 1. The summed E-state index contributed by atoms with van der Waals surface area (Å²) in [7, 11) is 0. The van der Waals surface area contributed by atoms with Crippen molar-refractivity contribution in [2.75, 3.05) is 11.1 Å². The van der Waals surface area contributed by atoms with Gasteiger partial charge in [0.25, 0.3) is 0 Å². The summed E-state index contributed by atoms with van der Waals surface area (Å²) >= 11 is 0. The standard InChI is InChI=1S/C13H22N4/c1-4-5-11-15-10(14)8-12(16-11)17-13(2,3)9-6-7-9/h8-9H,4-7H2,1-3H3,(H3,14,15,16,17). The van der Waals surface area contributed by atoms with Crippen molar-refractivity contribution in [2.45, 2.75) is 52.0 Å². The number of nitrogens with zero attached hydrogens (tertiary/aromatic N) is 2. The van der Waals surface area contributed by atoms with Crippen LogP contribution >= 0.6 is 0 Å². The number of nitrogen functional groups attached to an aromatic ring is 1. The summed E-state index contributed by atoms with van der Waals surface area (Å²) in [5, 5.41) is 3.49. The van der Waals surface area contributed by atoms with Crippen molar-refractivity contribution in [2.24, 2.45) is 5.92 Å². The molecule has 0 amide bonds. The minimum Gasteiger partial charge on any atom is -0.384 e. The summed E-state index contributed by atoms with van der Waals surface area (Å²) in [4.78, 5) is 8.76. The summed E-state index contributed by atoms with van der Waals surface area (Å²) in [6, 6.07) is 1.82.